The third-order valence-electron chi connectivity index (χ3n) is 3.98. The molecule has 152 valence electrons. The van der Waals surface area contributed by atoms with E-state index < -0.39 is 10.0 Å². The van der Waals surface area contributed by atoms with Gasteiger partial charge in [0.1, 0.15) is 18.0 Å². The van der Waals surface area contributed by atoms with Gasteiger partial charge in [0.2, 0.25) is 10.0 Å². The predicted molar refractivity (Wildman–Crippen MR) is 117 cm³/mol. The molecule has 3 aromatic rings. The fourth-order valence-corrected chi connectivity index (χ4v) is 3.45. The van der Waals surface area contributed by atoms with Gasteiger partial charge in [-0.05, 0) is 56.4 Å². The quantitative estimate of drug-likeness (QED) is 0.426. The van der Waals surface area contributed by atoms with Crippen molar-refractivity contribution in [2.75, 3.05) is 29.5 Å². The lowest BCUT2D eigenvalue weighted by atomic mass is 10.2. The first kappa shape index (κ1) is 20.8. The summed E-state index contributed by atoms with van der Waals surface area (Å²) in [5, 5.41) is 10.2. The topological polar surface area (TPSA) is 108 Å². The molecule has 0 fully saturated rings. The molecule has 0 aliphatic carbocycles. The van der Waals surface area contributed by atoms with Gasteiger partial charge in [0.25, 0.3) is 0 Å². The number of anilines is 5. The Hall–Kier alpha value is -2.88. The van der Waals surface area contributed by atoms with Crippen molar-refractivity contribution in [1.29, 1.82) is 0 Å². The number of rotatable bonds is 8. The van der Waals surface area contributed by atoms with E-state index >= 15 is 0 Å². The molecule has 2 aromatic carbocycles. The first-order valence-corrected chi connectivity index (χ1v) is 10.7. The van der Waals surface area contributed by atoms with E-state index in [1.165, 1.54) is 13.4 Å². The third-order valence-corrected chi connectivity index (χ3v) is 5.65. The van der Waals surface area contributed by atoms with Crippen molar-refractivity contribution in [3.63, 3.8) is 0 Å². The summed E-state index contributed by atoms with van der Waals surface area (Å²) in [6, 6.07) is 13.8. The van der Waals surface area contributed by atoms with Crippen molar-refractivity contribution in [2.24, 2.45) is 0 Å². The summed E-state index contributed by atoms with van der Waals surface area (Å²) in [6.07, 6.45) is 1.42. The van der Waals surface area contributed by atoms with Gasteiger partial charge in [-0.15, -0.1) is 0 Å². The van der Waals surface area contributed by atoms with E-state index in [4.69, 9.17) is 11.6 Å². The summed E-state index contributed by atoms with van der Waals surface area (Å²) in [5.74, 6) is 1.09. The lowest BCUT2D eigenvalue weighted by Crippen LogP contribution is -2.18. The van der Waals surface area contributed by atoms with Crippen LogP contribution in [-0.2, 0) is 10.0 Å². The van der Waals surface area contributed by atoms with Gasteiger partial charge < -0.3 is 16.0 Å². The molecule has 4 N–H and O–H groups in total. The Morgan fingerprint density at radius 2 is 1.62 bits per heavy atom. The monoisotopic (exact) mass is 432 g/mol. The first-order valence-electron chi connectivity index (χ1n) is 8.84. The third kappa shape index (κ3) is 5.35. The van der Waals surface area contributed by atoms with Crippen molar-refractivity contribution in [2.45, 2.75) is 11.8 Å². The molecule has 0 atom stereocenters. The Morgan fingerprint density at radius 3 is 2.28 bits per heavy atom. The maximum absolute atomic E-state index is 12.2. The van der Waals surface area contributed by atoms with E-state index in [0.29, 0.717) is 28.9 Å². The largest absolute Gasteiger partial charge is 0.384 e. The van der Waals surface area contributed by atoms with Crippen molar-refractivity contribution in [3.05, 3.63) is 59.9 Å². The summed E-state index contributed by atoms with van der Waals surface area (Å²) in [6.45, 7) is 2.64. The van der Waals surface area contributed by atoms with E-state index in [1.54, 1.807) is 36.4 Å². The highest BCUT2D eigenvalue weighted by Gasteiger charge is 2.14. The predicted octanol–water partition coefficient (Wildman–Crippen LogP) is 3.96. The molecular formula is C19H21ClN6O2S. The molecule has 3 rings (SSSR count). The summed E-state index contributed by atoms with van der Waals surface area (Å²) >= 11 is 5.91. The van der Waals surface area contributed by atoms with Gasteiger partial charge in [-0.2, -0.15) is 0 Å². The van der Waals surface area contributed by atoms with Crippen molar-refractivity contribution in [3.8, 4) is 0 Å². The van der Waals surface area contributed by atoms with E-state index in [1.807, 2.05) is 19.1 Å². The van der Waals surface area contributed by atoms with E-state index in [0.717, 1.165) is 11.4 Å². The zero-order chi connectivity index (χ0) is 20.9. The van der Waals surface area contributed by atoms with Crippen molar-refractivity contribution < 1.29 is 8.42 Å². The van der Waals surface area contributed by atoms with Gasteiger partial charge in [-0.3, -0.25) is 0 Å². The van der Waals surface area contributed by atoms with Crippen LogP contribution in [0, 0.1) is 0 Å². The minimum Gasteiger partial charge on any atom is -0.384 e. The molecule has 0 aliphatic rings. The molecule has 0 unspecified atom stereocenters. The van der Waals surface area contributed by atoms with Gasteiger partial charge in [0.05, 0.1) is 16.3 Å². The lowest BCUT2D eigenvalue weighted by Gasteiger charge is -2.15. The highest BCUT2D eigenvalue weighted by molar-refractivity contribution is 7.89. The zero-order valence-electron chi connectivity index (χ0n) is 15.9. The van der Waals surface area contributed by atoms with Gasteiger partial charge in [-0.1, -0.05) is 11.6 Å². The Balaban J connectivity index is 1.88. The second kappa shape index (κ2) is 9.08. The molecule has 0 spiro atoms. The summed E-state index contributed by atoms with van der Waals surface area (Å²) < 4.78 is 26.6. The molecule has 0 bridgehead atoms. The molecule has 0 saturated carbocycles. The van der Waals surface area contributed by atoms with Gasteiger partial charge in [-0.25, -0.2) is 23.1 Å². The standard InChI is InChI=1S/C19H21ClN6O2S/c1-3-22-16-9-8-15(29(27,28)21-2)10-17(16)26-19-11-18(23-12-24-19)25-14-6-4-13(20)5-7-14/h4-12,21-22H,3H2,1-2H3,(H2,23,24,25,26). The average molecular weight is 433 g/mol. The normalized spacial score (nSPS) is 11.1. The van der Waals surface area contributed by atoms with Crippen LogP contribution in [0.2, 0.25) is 5.02 Å². The number of nitrogens with zero attached hydrogens (tertiary/aromatic N) is 2. The Labute approximate surface area is 174 Å². The average Bonchev–Trinajstić information content (AvgIpc) is 2.71. The Bertz CT molecular complexity index is 1090. The highest BCUT2D eigenvalue weighted by Crippen LogP contribution is 2.29. The molecule has 1 aromatic heterocycles. The molecule has 0 amide bonds. The van der Waals surface area contributed by atoms with E-state index in [9.17, 15) is 8.42 Å². The second-order valence-electron chi connectivity index (χ2n) is 5.99. The van der Waals surface area contributed by atoms with E-state index in [2.05, 4.69) is 30.6 Å². The number of hydrogen-bond donors (Lipinski definition) is 4. The number of nitrogens with one attached hydrogen (secondary N) is 4. The summed E-state index contributed by atoms with van der Waals surface area (Å²) in [5.41, 5.74) is 2.17. The fourth-order valence-electron chi connectivity index (χ4n) is 2.57. The maximum Gasteiger partial charge on any atom is 0.240 e. The lowest BCUT2D eigenvalue weighted by molar-refractivity contribution is 0.588. The Kier molecular flexibility index (Phi) is 6.53. The molecule has 0 aliphatic heterocycles. The molecular weight excluding hydrogens is 412 g/mol. The van der Waals surface area contributed by atoms with Crippen LogP contribution in [0.1, 0.15) is 6.92 Å². The van der Waals surface area contributed by atoms with E-state index in [-0.39, 0.29) is 4.90 Å². The van der Waals surface area contributed by atoms with Gasteiger partial charge in [0, 0.05) is 23.3 Å². The highest BCUT2D eigenvalue weighted by atomic mass is 35.5. The fraction of sp³-hybridized carbons (Fsp3) is 0.158. The zero-order valence-corrected chi connectivity index (χ0v) is 17.5. The van der Waals surface area contributed by atoms with Crippen LogP contribution < -0.4 is 20.7 Å². The first-order chi connectivity index (χ1) is 13.9. The van der Waals surface area contributed by atoms with Crippen LogP contribution in [0.3, 0.4) is 0 Å². The van der Waals surface area contributed by atoms with Crippen LogP contribution in [0.25, 0.3) is 0 Å². The number of halogens is 1. The van der Waals surface area contributed by atoms with Gasteiger partial charge >= 0.3 is 0 Å². The SMILES string of the molecule is CCNc1ccc(S(=O)(=O)NC)cc1Nc1cc(Nc2ccc(Cl)cc2)ncn1. The summed E-state index contributed by atoms with van der Waals surface area (Å²) in [4.78, 5) is 8.59. The molecule has 10 heteroatoms. The molecule has 0 saturated heterocycles. The van der Waals surface area contributed by atoms with Crippen LogP contribution in [0.5, 0.6) is 0 Å². The van der Waals surface area contributed by atoms with Gasteiger partial charge in [0.15, 0.2) is 0 Å². The molecule has 0 radical (unpaired) electrons. The molecule has 8 nitrogen and oxygen atoms in total. The number of hydrogen-bond acceptors (Lipinski definition) is 7. The number of benzene rings is 2. The smallest absolute Gasteiger partial charge is 0.240 e. The molecule has 29 heavy (non-hydrogen) atoms. The Morgan fingerprint density at radius 1 is 0.931 bits per heavy atom. The van der Waals surface area contributed by atoms with Crippen LogP contribution in [0.4, 0.5) is 28.7 Å². The summed E-state index contributed by atoms with van der Waals surface area (Å²) in [7, 11) is -2.20. The van der Waals surface area contributed by atoms with Crippen LogP contribution >= 0.6 is 11.6 Å². The number of sulfonamides is 1. The second-order valence-corrected chi connectivity index (χ2v) is 8.31. The van der Waals surface area contributed by atoms with Crippen molar-refractivity contribution >= 4 is 50.3 Å². The van der Waals surface area contributed by atoms with Crippen LogP contribution in [-0.4, -0.2) is 32.0 Å². The molecule has 1 heterocycles. The minimum atomic E-state index is -3.57. The maximum atomic E-state index is 12.2. The number of aromatic nitrogens is 2. The van der Waals surface area contributed by atoms with Crippen LogP contribution in [0.15, 0.2) is 59.8 Å². The minimum absolute atomic E-state index is 0.151. The van der Waals surface area contributed by atoms with Crippen molar-refractivity contribution in [1.82, 2.24) is 14.7 Å².